The summed E-state index contributed by atoms with van der Waals surface area (Å²) in [5, 5.41) is 0. The van der Waals surface area contributed by atoms with Crippen LogP contribution >= 0.6 is 0 Å². The molecule has 2 unspecified atom stereocenters. The summed E-state index contributed by atoms with van der Waals surface area (Å²) in [5.41, 5.74) is 0.555. The van der Waals surface area contributed by atoms with E-state index in [9.17, 15) is 4.79 Å². The maximum absolute atomic E-state index is 15.2. The molecule has 3 heteroatoms. The van der Waals surface area contributed by atoms with Gasteiger partial charge in [-0.05, 0) is 74.5 Å². The van der Waals surface area contributed by atoms with Crippen LogP contribution in [0.3, 0.4) is 0 Å². The molecule has 2 aliphatic carbocycles. The van der Waals surface area contributed by atoms with Crippen molar-refractivity contribution in [1.82, 2.24) is 0 Å². The van der Waals surface area contributed by atoms with Gasteiger partial charge in [-0.2, -0.15) is 0 Å². The van der Waals surface area contributed by atoms with E-state index < -0.39 is 5.41 Å². The summed E-state index contributed by atoms with van der Waals surface area (Å²) in [5.74, 6) is 0.714. The number of rotatable bonds is 13. The third kappa shape index (κ3) is 9.67. The first-order valence-corrected chi connectivity index (χ1v) is 16.6. The number of benzene rings is 1. The van der Waals surface area contributed by atoms with Gasteiger partial charge in [0.15, 0.2) is 11.6 Å². The van der Waals surface area contributed by atoms with E-state index in [2.05, 4.69) is 13.8 Å². The van der Waals surface area contributed by atoms with Crippen LogP contribution in [0, 0.1) is 23.1 Å². The highest BCUT2D eigenvalue weighted by Gasteiger charge is 2.47. The van der Waals surface area contributed by atoms with Crippen molar-refractivity contribution < 1.29 is 13.9 Å². The molecule has 0 aromatic heterocycles. The summed E-state index contributed by atoms with van der Waals surface area (Å²) < 4.78 is 21.2. The normalized spacial score (nSPS) is 23.7. The van der Waals surface area contributed by atoms with Gasteiger partial charge in [0, 0.05) is 0 Å². The summed E-state index contributed by atoms with van der Waals surface area (Å²) in [6.45, 7) is 4.49. The lowest BCUT2D eigenvalue weighted by molar-refractivity contribution is -0.152. The minimum absolute atomic E-state index is 0.136. The van der Waals surface area contributed by atoms with Crippen LogP contribution < -0.4 is 4.74 Å². The van der Waals surface area contributed by atoms with E-state index in [-0.39, 0.29) is 17.5 Å². The Balaban J connectivity index is 1.73. The van der Waals surface area contributed by atoms with Gasteiger partial charge in [-0.25, -0.2) is 4.39 Å². The smallest absolute Gasteiger partial charge is 0.317 e. The van der Waals surface area contributed by atoms with Gasteiger partial charge in [0.2, 0.25) is 0 Å². The Kier molecular flexibility index (Phi) is 14.2. The summed E-state index contributed by atoms with van der Waals surface area (Å²) in [6, 6.07) is 5.29. The number of aryl methyl sites for hydroxylation is 1. The zero-order chi connectivity index (χ0) is 27.1. The van der Waals surface area contributed by atoms with E-state index in [4.69, 9.17) is 4.74 Å². The monoisotopic (exact) mass is 528 g/mol. The quantitative estimate of drug-likeness (QED) is 0.145. The summed E-state index contributed by atoms with van der Waals surface area (Å²) >= 11 is 0. The van der Waals surface area contributed by atoms with E-state index in [1.165, 1.54) is 96.3 Å². The lowest BCUT2D eigenvalue weighted by Crippen LogP contribution is -2.43. The zero-order valence-corrected chi connectivity index (χ0v) is 24.8. The third-order valence-electron chi connectivity index (χ3n) is 9.76. The number of esters is 1. The molecule has 2 nitrogen and oxygen atoms in total. The summed E-state index contributed by atoms with van der Waals surface area (Å²) in [4.78, 5) is 14.1. The highest BCUT2D eigenvalue weighted by Crippen LogP contribution is 2.48. The molecule has 0 aliphatic heterocycles. The molecule has 1 aromatic carbocycles. The van der Waals surface area contributed by atoms with E-state index in [1.54, 1.807) is 12.1 Å². The largest absolute Gasteiger partial charge is 0.423 e. The molecule has 0 radical (unpaired) electrons. The lowest BCUT2D eigenvalue weighted by Gasteiger charge is -2.42. The molecule has 0 spiro atoms. The number of carbonyl (C=O) groups excluding carboxylic acids is 1. The van der Waals surface area contributed by atoms with Crippen molar-refractivity contribution in [3.8, 4) is 5.75 Å². The number of unbranched alkanes of at least 4 members (excludes halogenated alkanes) is 6. The predicted molar refractivity (Wildman–Crippen MR) is 158 cm³/mol. The second kappa shape index (κ2) is 17.3. The zero-order valence-electron chi connectivity index (χ0n) is 24.8. The van der Waals surface area contributed by atoms with Crippen LogP contribution in [0.1, 0.15) is 161 Å². The predicted octanol–water partition coefficient (Wildman–Crippen LogP) is 11.1. The molecule has 2 saturated carbocycles. The Morgan fingerprint density at radius 2 is 1.50 bits per heavy atom. The van der Waals surface area contributed by atoms with Crippen molar-refractivity contribution in [2.45, 2.75) is 162 Å². The topological polar surface area (TPSA) is 26.3 Å². The lowest BCUT2D eigenvalue weighted by atomic mass is 9.63. The van der Waals surface area contributed by atoms with E-state index in [1.807, 2.05) is 6.07 Å². The van der Waals surface area contributed by atoms with Gasteiger partial charge in [-0.1, -0.05) is 123 Å². The number of carbonyl (C=O) groups is 1. The van der Waals surface area contributed by atoms with Crippen LogP contribution in [-0.2, 0) is 11.2 Å². The van der Waals surface area contributed by atoms with Crippen molar-refractivity contribution in [3.05, 3.63) is 29.6 Å². The SMILES string of the molecule is CCCCCCCc1ccc(OC(=O)C2(C3CCCCCCC3)CCCCC(CCCCC)CC2)c(F)c1. The number of hydrogen-bond acceptors (Lipinski definition) is 2. The molecular formula is C35H57FO2. The maximum Gasteiger partial charge on any atom is 0.317 e. The van der Waals surface area contributed by atoms with Gasteiger partial charge in [-0.3, -0.25) is 4.79 Å². The first-order chi connectivity index (χ1) is 18.6. The van der Waals surface area contributed by atoms with E-state index in [0.29, 0.717) is 5.92 Å². The van der Waals surface area contributed by atoms with Gasteiger partial charge in [0.1, 0.15) is 0 Å². The van der Waals surface area contributed by atoms with Crippen molar-refractivity contribution in [2.75, 3.05) is 0 Å². The molecule has 38 heavy (non-hydrogen) atoms. The van der Waals surface area contributed by atoms with E-state index in [0.717, 1.165) is 62.8 Å². The van der Waals surface area contributed by atoms with E-state index >= 15 is 4.39 Å². The first-order valence-electron chi connectivity index (χ1n) is 16.6. The molecule has 1 aromatic rings. The maximum atomic E-state index is 15.2. The minimum Gasteiger partial charge on any atom is -0.423 e. The molecular weight excluding hydrogens is 471 g/mol. The van der Waals surface area contributed by atoms with Gasteiger partial charge in [-0.15, -0.1) is 0 Å². The molecule has 0 bridgehead atoms. The number of ether oxygens (including phenoxy) is 1. The van der Waals surface area contributed by atoms with Crippen molar-refractivity contribution in [2.24, 2.45) is 17.3 Å². The first kappa shape index (κ1) is 31.2. The summed E-state index contributed by atoms with van der Waals surface area (Å²) in [6.07, 6.45) is 27.2. The summed E-state index contributed by atoms with van der Waals surface area (Å²) in [7, 11) is 0. The minimum atomic E-state index is -0.453. The van der Waals surface area contributed by atoms with Crippen molar-refractivity contribution in [3.63, 3.8) is 0 Å². The molecule has 3 rings (SSSR count). The fourth-order valence-corrected chi connectivity index (χ4v) is 7.28. The van der Waals surface area contributed by atoms with Crippen LogP contribution in [0.4, 0.5) is 4.39 Å². The highest BCUT2D eigenvalue weighted by molar-refractivity contribution is 5.79. The molecule has 2 fully saturated rings. The fraction of sp³-hybridized carbons (Fsp3) is 0.800. The van der Waals surface area contributed by atoms with Gasteiger partial charge >= 0.3 is 5.97 Å². The second-order valence-corrected chi connectivity index (χ2v) is 12.7. The Bertz CT molecular complexity index is 797. The molecule has 2 aliphatic rings. The van der Waals surface area contributed by atoms with Crippen LogP contribution in [0.25, 0.3) is 0 Å². The molecule has 0 heterocycles. The van der Waals surface area contributed by atoms with Crippen molar-refractivity contribution in [1.29, 1.82) is 0 Å². The molecule has 0 N–H and O–H groups in total. The van der Waals surface area contributed by atoms with Crippen LogP contribution in [0.15, 0.2) is 18.2 Å². The Morgan fingerprint density at radius 3 is 2.24 bits per heavy atom. The van der Waals surface area contributed by atoms with Gasteiger partial charge < -0.3 is 4.74 Å². The third-order valence-corrected chi connectivity index (χ3v) is 9.76. The average molecular weight is 529 g/mol. The van der Waals surface area contributed by atoms with Gasteiger partial charge in [0.05, 0.1) is 5.41 Å². The molecule has 0 saturated heterocycles. The van der Waals surface area contributed by atoms with Gasteiger partial charge in [0.25, 0.3) is 0 Å². The molecule has 0 amide bonds. The number of halogens is 1. The average Bonchev–Trinajstić information content (AvgIpc) is 2.87. The van der Waals surface area contributed by atoms with Crippen LogP contribution in [0.2, 0.25) is 0 Å². The molecule has 2 atom stereocenters. The second-order valence-electron chi connectivity index (χ2n) is 12.7. The van der Waals surface area contributed by atoms with Crippen molar-refractivity contribution >= 4 is 5.97 Å². The Labute approximate surface area is 233 Å². The standard InChI is InChI=1S/C35H57FO2/c1-3-5-7-9-13-20-30-23-24-33(32(36)28-30)38-34(37)35(31-21-14-10-8-11-15-22-31)26-17-16-19-29(25-27-35)18-12-6-4-2/h23-24,28-29,31H,3-22,25-27H2,1-2H3. The Morgan fingerprint density at radius 1 is 0.816 bits per heavy atom. The Hall–Kier alpha value is -1.38. The fourth-order valence-electron chi connectivity index (χ4n) is 7.28. The van der Waals surface area contributed by atoms with Crippen LogP contribution in [-0.4, -0.2) is 5.97 Å². The number of hydrogen-bond donors (Lipinski definition) is 0. The molecule has 216 valence electrons. The highest BCUT2D eigenvalue weighted by atomic mass is 19.1. The van der Waals surface area contributed by atoms with Crippen LogP contribution in [0.5, 0.6) is 5.75 Å².